The number of carbonyl (C=O) groups is 5. The Morgan fingerprint density at radius 1 is 0.787 bits per heavy atom. The van der Waals surface area contributed by atoms with Gasteiger partial charge in [0.25, 0.3) is 0 Å². The van der Waals surface area contributed by atoms with Crippen LogP contribution in [0.15, 0.2) is 6.20 Å². The van der Waals surface area contributed by atoms with E-state index in [2.05, 4.69) is 10.3 Å². The van der Waals surface area contributed by atoms with Gasteiger partial charge in [0.05, 0.1) is 71.5 Å². The first-order valence-electron chi connectivity index (χ1n) is 17.1. The van der Waals surface area contributed by atoms with Gasteiger partial charge < -0.3 is 23.8 Å². The third-order valence-electron chi connectivity index (χ3n) is 8.64. The van der Waals surface area contributed by atoms with Crippen LogP contribution in [0.5, 0.6) is 0 Å². The van der Waals surface area contributed by atoms with E-state index in [1.54, 1.807) is 9.58 Å². The zero-order valence-electron chi connectivity index (χ0n) is 29.1. The molecule has 1 saturated heterocycles. The quantitative estimate of drug-likeness (QED) is 0.127. The van der Waals surface area contributed by atoms with E-state index in [1.165, 1.54) is 13.8 Å². The highest BCUT2D eigenvalue weighted by molar-refractivity contribution is 5.95. The lowest BCUT2D eigenvalue weighted by atomic mass is 9.80. The number of ketones is 4. The van der Waals surface area contributed by atoms with Gasteiger partial charge in [-0.05, 0) is 33.6 Å². The van der Waals surface area contributed by atoms with Crippen molar-refractivity contribution >= 4 is 29.0 Å². The third kappa shape index (κ3) is 15.3. The number of aryl methyl sites for hydroxylation is 1. The number of rotatable bonds is 27. The highest BCUT2D eigenvalue weighted by Crippen LogP contribution is 2.31. The van der Waals surface area contributed by atoms with Crippen molar-refractivity contribution in [3.8, 4) is 0 Å². The average molecular weight is 665 g/mol. The van der Waals surface area contributed by atoms with Crippen LogP contribution in [-0.4, -0.2) is 115 Å². The maximum atomic E-state index is 13.5. The maximum absolute atomic E-state index is 13.5. The van der Waals surface area contributed by atoms with Crippen molar-refractivity contribution in [3.63, 3.8) is 0 Å². The topological polar surface area (TPSA) is 156 Å². The molecule has 1 aliphatic heterocycles. The van der Waals surface area contributed by atoms with Crippen LogP contribution < -0.4 is 0 Å². The van der Waals surface area contributed by atoms with Crippen molar-refractivity contribution in [1.82, 2.24) is 19.9 Å². The molecule has 1 aromatic heterocycles. The fourth-order valence-electron chi connectivity index (χ4n) is 5.67. The van der Waals surface area contributed by atoms with Crippen LogP contribution in [0, 0.1) is 30.6 Å². The molecule has 266 valence electrons. The van der Waals surface area contributed by atoms with E-state index in [1.807, 2.05) is 27.0 Å². The minimum atomic E-state index is -0.675. The van der Waals surface area contributed by atoms with Gasteiger partial charge in [0, 0.05) is 55.8 Å². The Balaban J connectivity index is 1.69. The van der Waals surface area contributed by atoms with Crippen LogP contribution in [-0.2, 0) is 49.5 Å². The summed E-state index contributed by atoms with van der Waals surface area (Å²) >= 11 is 0. The maximum Gasteiger partial charge on any atom is 0.224 e. The van der Waals surface area contributed by atoms with Crippen LogP contribution in [0.25, 0.3) is 0 Å². The van der Waals surface area contributed by atoms with Gasteiger partial charge in [-0.25, -0.2) is 4.68 Å². The summed E-state index contributed by atoms with van der Waals surface area (Å²) in [5.74, 6) is -2.75. The molecule has 4 atom stereocenters. The van der Waals surface area contributed by atoms with E-state index in [0.29, 0.717) is 65.6 Å². The minimum Gasteiger partial charge on any atom is -0.379 e. The van der Waals surface area contributed by atoms with Gasteiger partial charge in [0.15, 0.2) is 0 Å². The van der Waals surface area contributed by atoms with Crippen LogP contribution >= 0.6 is 0 Å². The van der Waals surface area contributed by atoms with E-state index in [0.717, 1.165) is 18.5 Å². The Morgan fingerprint density at radius 3 is 1.77 bits per heavy atom. The summed E-state index contributed by atoms with van der Waals surface area (Å²) in [4.78, 5) is 65.7. The van der Waals surface area contributed by atoms with E-state index < -0.39 is 17.8 Å². The van der Waals surface area contributed by atoms with Gasteiger partial charge in [-0.3, -0.25) is 24.0 Å². The highest BCUT2D eigenvalue weighted by Gasteiger charge is 2.43. The highest BCUT2D eigenvalue weighted by atomic mass is 16.6. The molecule has 0 aliphatic carbocycles. The summed E-state index contributed by atoms with van der Waals surface area (Å²) in [6.07, 6.45) is 5.01. The molecule has 13 heteroatoms. The lowest BCUT2D eigenvalue weighted by molar-refractivity contribution is -0.134. The van der Waals surface area contributed by atoms with Crippen LogP contribution in [0.1, 0.15) is 78.3 Å². The molecule has 2 rings (SSSR count). The Morgan fingerprint density at radius 2 is 1.30 bits per heavy atom. The Bertz CT molecular complexity index is 1120. The first-order valence-corrected chi connectivity index (χ1v) is 17.1. The number of hydrogen-bond acceptors (Lipinski definition) is 11. The van der Waals surface area contributed by atoms with Gasteiger partial charge >= 0.3 is 0 Å². The SMILES string of the molecule is CCCCC(CC(=O)C1CN(C(=O)CCOCCOCCOCCOCCn2cc(C)nn2)CC1C(=O)CC(CC)C(C)=O)C(C)=O. The number of likely N-dealkylation sites (tertiary alicyclic amines) is 1. The summed E-state index contributed by atoms with van der Waals surface area (Å²) in [5.41, 5.74) is 0.868. The predicted octanol–water partition coefficient (Wildman–Crippen LogP) is 3.05. The lowest BCUT2D eigenvalue weighted by Gasteiger charge is -2.20. The second-order valence-corrected chi connectivity index (χ2v) is 12.3. The largest absolute Gasteiger partial charge is 0.379 e. The molecule has 0 saturated carbocycles. The Labute approximate surface area is 279 Å². The molecule has 0 aromatic carbocycles. The molecule has 1 fully saturated rings. The summed E-state index contributed by atoms with van der Waals surface area (Å²) in [7, 11) is 0. The molecular weight excluding hydrogens is 608 g/mol. The van der Waals surface area contributed by atoms with Crippen molar-refractivity contribution in [2.75, 3.05) is 65.9 Å². The second-order valence-electron chi connectivity index (χ2n) is 12.3. The van der Waals surface area contributed by atoms with Gasteiger partial charge in [-0.2, -0.15) is 0 Å². The lowest BCUT2D eigenvalue weighted by Crippen LogP contribution is -2.32. The van der Waals surface area contributed by atoms with E-state index in [9.17, 15) is 24.0 Å². The van der Waals surface area contributed by atoms with Crippen LogP contribution in [0.4, 0.5) is 0 Å². The zero-order valence-corrected chi connectivity index (χ0v) is 29.1. The molecule has 0 spiro atoms. The fraction of sp³-hybridized carbons (Fsp3) is 0.794. The van der Waals surface area contributed by atoms with Crippen LogP contribution in [0.3, 0.4) is 0 Å². The Kier molecular flexibility index (Phi) is 19.4. The fourth-order valence-corrected chi connectivity index (χ4v) is 5.67. The number of Topliss-reactive ketones (excluding diaryl/α,β-unsaturated/α-hetero) is 4. The summed E-state index contributed by atoms with van der Waals surface area (Å²) in [5, 5.41) is 7.88. The molecule has 0 N–H and O–H groups in total. The molecule has 1 amide bonds. The first-order chi connectivity index (χ1) is 22.6. The van der Waals surface area contributed by atoms with E-state index in [-0.39, 0.29) is 73.9 Å². The molecule has 2 heterocycles. The number of hydrogen-bond donors (Lipinski definition) is 0. The van der Waals surface area contributed by atoms with Crippen molar-refractivity contribution in [3.05, 3.63) is 11.9 Å². The number of carbonyl (C=O) groups excluding carboxylic acids is 5. The van der Waals surface area contributed by atoms with Crippen LogP contribution in [0.2, 0.25) is 0 Å². The molecule has 0 bridgehead atoms. The number of unbranched alkanes of at least 4 members (excludes halogenated alkanes) is 1. The molecule has 4 unspecified atom stereocenters. The predicted molar refractivity (Wildman–Crippen MR) is 174 cm³/mol. The zero-order chi connectivity index (χ0) is 34.6. The van der Waals surface area contributed by atoms with Gasteiger partial charge in [0.2, 0.25) is 5.91 Å². The summed E-state index contributed by atoms with van der Waals surface area (Å²) in [6.45, 7) is 12.8. The van der Waals surface area contributed by atoms with Crippen molar-refractivity contribution in [2.24, 2.45) is 23.7 Å². The molecule has 13 nitrogen and oxygen atoms in total. The van der Waals surface area contributed by atoms with Gasteiger partial charge in [0.1, 0.15) is 23.1 Å². The molecule has 47 heavy (non-hydrogen) atoms. The van der Waals surface area contributed by atoms with Crippen molar-refractivity contribution in [1.29, 1.82) is 0 Å². The standard InChI is InChI=1S/C34H56N4O9/c1-6-8-9-29(27(5)40)21-33(42)31-24-37(23-30(31)32(41)20-28(7-2)26(4)39)34(43)10-12-44-14-16-46-18-19-47-17-15-45-13-11-38-22-25(3)35-36-38/h22,28-31H,6-21,23-24H2,1-5H3. The molecule has 1 aromatic rings. The van der Waals surface area contributed by atoms with Gasteiger partial charge in [-0.15, -0.1) is 5.10 Å². The number of nitrogens with zero attached hydrogens (tertiary/aromatic N) is 4. The third-order valence-corrected chi connectivity index (χ3v) is 8.64. The monoisotopic (exact) mass is 664 g/mol. The smallest absolute Gasteiger partial charge is 0.224 e. The second kappa shape index (κ2) is 22.7. The number of amides is 1. The average Bonchev–Trinajstić information content (AvgIpc) is 3.68. The van der Waals surface area contributed by atoms with Gasteiger partial charge in [-0.1, -0.05) is 31.9 Å². The number of ether oxygens (including phenoxy) is 4. The van der Waals surface area contributed by atoms with E-state index in [4.69, 9.17) is 18.9 Å². The number of aromatic nitrogens is 3. The normalized spacial score (nSPS) is 17.5. The summed E-state index contributed by atoms with van der Waals surface area (Å²) < 4.78 is 23.8. The van der Waals surface area contributed by atoms with Crippen molar-refractivity contribution in [2.45, 2.75) is 86.1 Å². The molecular formula is C34H56N4O9. The molecule has 1 aliphatic rings. The minimum absolute atomic E-state index is 0.0343. The van der Waals surface area contributed by atoms with E-state index >= 15 is 0 Å². The summed E-state index contributed by atoms with van der Waals surface area (Å²) in [6, 6.07) is 0. The first kappa shape index (κ1) is 40.3. The Hall–Kier alpha value is -2.87. The van der Waals surface area contributed by atoms with Crippen molar-refractivity contribution < 1.29 is 42.9 Å². The molecule has 0 radical (unpaired) electrons.